The smallest absolute Gasteiger partial charge is 0.319 e. The average Bonchev–Trinajstić information content (AvgIpc) is 3.82. The summed E-state index contributed by atoms with van der Waals surface area (Å²) in [7, 11) is -2.94. The number of nitrogens with zero attached hydrogens (tertiary/aromatic N) is 2. The molecule has 0 aliphatic heterocycles. The normalized spacial score (nSPS) is 15.5. The zero-order chi connectivity index (χ0) is 26.4. The highest BCUT2D eigenvalue weighted by atomic mass is 35.5. The monoisotopic (exact) mass is 612 g/mol. The van der Waals surface area contributed by atoms with Crippen LogP contribution in [0.25, 0.3) is 22.5 Å². The van der Waals surface area contributed by atoms with Crippen LogP contribution >= 0.6 is 54.7 Å². The molecule has 6 rings (SSSR count). The van der Waals surface area contributed by atoms with Gasteiger partial charge in [-0.15, -0.1) is 0 Å². The molecule has 2 aliphatic carbocycles. The standard InChI is InChI=1S/C26H21Cl4N2O5P/c27-17-3-1-4-18(28)21(17)23-15(25(36-31-23)13-7-8-13)11-34-38(33)35-12-16-24(32-37-26(16)14-9-10-14)22-19(29)5-2-6-20(22)30/h1-6,13-14,38H,7-12H2. The maximum atomic E-state index is 12.9. The van der Waals surface area contributed by atoms with E-state index >= 15 is 0 Å². The lowest BCUT2D eigenvalue weighted by molar-refractivity contribution is 0.211. The molecule has 0 radical (unpaired) electrons. The van der Waals surface area contributed by atoms with Gasteiger partial charge in [0.05, 0.1) is 33.3 Å². The van der Waals surface area contributed by atoms with Crippen LogP contribution in [0.3, 0.4) is 0 Å². The number of hydrogen-bond acceptors (Lipinski definition) is 7. The first-order valence-electron chi connectivity index (χ1n) is 12.1. The van der Waals surface area contributed by atoms with Gasteiger partial charge in [0.1, 0.15) is 22.9 Å². The van der Waals surface area contributed by atoms with E-state index < -0.39 is 8.25 Å². The van der Waals surface area contributed by atoms with Gasteiger partial charge in [-0.3, -0.25) is 4.57 Å². The van der Waals surface area contributed by atoms with Crippen molar-refractivity contribution in [2.24, 2.45) is 0 Å². The van der Waals surface area contributed by atoms with E-state index in [1.54, 1.807) is 36.4 Å². The van der Waals surface area contributed by atoms with Crippen molar-refractivity contribution in [3.63, 3.8) is 0 Å². The Bertz CT molecular complexity index is 1380. The SMILES string of the molecule is O=[PH](OCc1c(-c2c(Cl)cccc2Cl)noc1C1CC1)OCc1c(-c2c(Cl)cccc2Cl)noc1C1CC1. The molecule has 0 saturated heterocycles. The third-order valence-electron chi connectivity index (χ3n) is 6.60. The Morgan fingerprint density at radius 2 is 1.08 bits per heavy atom. The largest absolute Gasteiger partial charge is 0.360 e. The van der Waals surface area contributed by atoms with Crippen molar-refractivity contribution in [3.05, 3.63) is 79.1 Å². The summed E-state index contributed by atoms with van der Waals surface area (Å²) in [6.45, 7) is -0.0708. The second-order valence-corrected chi connectivity index (χ2v) is 12.0. The minimum absolute atomic E-state index is 0.0354. The molecule has 2 aromatic carbocycles. The predicted octanol–water partition coefficient (Wildman–Crippen LogP) is 9.49. The van der Waals surface area contributed by atoms with Gasteiger partial charge in [0.2, 0.25) is 0 Å². The number of hydrogen-bond donors (Lipinski definition) is 0. The fraction of sp³-hybridized carbons (Fsp3) is 0.308. The molecule has 0 bridgehead atoms. The molecule has 0 unspecified atom stereocenters. The van der Waals surface area contributed by atoms with E-state index in [-0.39, 0.29) is 25.0 Å². The lowest BCUT2D eigenvalue weighted by Crippen LogP contribution is -1.97. The van der Waals surface area contributed by atoms with Crippen LogP contribution in [0.5, 0.6) is 0 Å². The molecule has 2 heterocycles. The molecule has 0 amide bonds. The molecule has 0 N–H and O–H groups in total. The third-order valence-corrected chi connectivity index (χ3v) is 8.62. The lowest BCUT2D eigenvalue weighted by Gasteiger charge is -2.10. The summed E-state index contributed by atoms with van der Waals surface area (Å²) in [5, 5.41) is 10.2. The van der Waals surface area contributed by atoms with Crippen molar-refractivity contribution in [2.75, 3.05) is 0 Å². The van der Waals surface area contributed by atoms with E-state index in [1.807, 2.05) is 0 Å². The fourth-order valence-electron chi connectivity index (χ4n) is 4.40. The van der Waals surface area contributed by atoms with Gasteiger partial charge in [-0.2, -0.15) is 0 Å². The van der Waals surface area contributed by atoms with E-state index in [1.165, 1.54) is 0 Å². The summed E-state index contributed by atoms with van der Waals surface area (Å²) < 4.78 is 35.6. The van der Waals surface area contributed by atoms with E-state index in [2.05, 4.69) is 10.3 Å². The molecule has 2 aliphatic rings. The Morgan fingerprint density at radius 1 is 0.711 bits per heavy atom. The Morgan fingerprint density at radius 3 is 1.42 bits per heavy atom. The van der Waals surface area contributed by atoms with Crippen molar-refractivity contribution in [1.82, 2.24) is 10.3 Å². The molecule has 2 saturated carbocycles. The molecule has 12 heteroatoms. The van der Waals surface area contributed by atoms with Crippen LogP contribution in [0, 0.1) is 0 Å². The molecule has 38 heavy (non-hydrogen) atoms. The first kappa shape index (κ1) is 26.4. The molecular weight excluding hydrogens is 593 g/mol. The third kappa shape index (κ3) is 5.31. The average molecular weight is 614 g/mol. The summed E-state index contributed by atoms with van der Waals surface area (Å²) in [6, 6.07) is 10.4. The minimum atomic E-state index is -2.94. The Kier molecular flexibility index (Phi) is 7.62. The van der Waals surface area contributed by atoms with Crippen LogP contribution in [-0.4, -0.2) is 10.3 Å². The topological polar surface area (TPSA) is 87.6 Å². The van der Waals surface area contributed by atoms with Crippen molar-refractivity contribution >= 4 is 54.7 Å². The second-order valence-electron chi connectivity index (χ2n) is 9.32. The van der Waals surface area contributed by atoms with Crippen LogP contribution in [0.1, 0.15) is 60.2 Å². The first-order chi connectivity index (χ1) is 18.4. The molecule has 0 atom stereocenters. The highest BCUT2D eigenvalue weighted by Crippen LogP contribution is 2.48. The maximum Gasteiger partial charge on any atom is 0.319 e. The van der Waals surface area contributed by atoms with Crippen LogP contribution in [0.2, 0.25) is 20.1 Å². The van der Waals surface area contributed by atoms with Crippen molar-refractivity contribution < 1.29 is 22.7 Å². The van der Waals surface area contributed by atoms with Gasteiger partial charge in [-0.1, -0.05) is 68.8 Å². The number of benzene rings is 2. The molecule has 4 aromatic rings. The van der Waals surface area contributed by atoms with E-state index in [0.29, 0.717) is 65.3 Å². The highest BCUT2D eigenvalue weighted by molar-refractivity contribution is 7.33. The van der Waals surface area contributed by atoms with Crippen LogP contribution < -0.4 is 0 Å². The molecule has 0 spiro atoms. The highest BCUT2D eigenvalue weighted by Gasteiger charge is 2.35. The van der Waals surface area contributed by atoms with Gasteiger partial charge < -0.3 is 18.1 Å². The van der Waals surface area contributed by atoms with Crippen LogP contribution in [-0.2, 0) is 26.8 Å². The molecule has 7 nitrogen and oxygen atoms in total. The summed E-state index contributed by atoms with van der Waals surface area (Å²) in [6.07, 6.45) is 3.92. The fourth-order valence-corrected chi connectivity index (χ4v) is 6.16. The van der Waals surface area contributed by atoms with Crippen LogP contribution in [0.4, 0.5) is 0 Å². The summed E-state index contributed by atoms with van der Waals surface area (Å²) in [5.41, 5.74) is 3.37. The molecule has 2 fully saturated rings. The van der Waals surface area contributed by atoms with Gasteiger partial charge >= 0.3 is 8.25 Å². The first-order valence-corrected chi connectivity index (χ1v) is 14.8. The molecular formula is C26H21Cl4N2O5P. The number of aromatic nitrogens is 2. The van der Waals surface area contributed by atoms with Gasteiger partial charge in [-0.05, 0) is 49.9 Å². The Labute approximate surface area is 239 Å². The molecule has 198 valence electrons. The lowest BCUT2D eigenvalue weighted by atomic mass is 10.0. The maximum absolute atomic E-state index is 12.9. The Balaban J connectivity index is 1.21. The zero-order valence-corrected chi connectivity index (χ0v) is 23.8. The number of rotatable bonds is 10. The predicted molar refractivity (Wildman–Crippen MR) is 146 cm³/mol. The van der Waals surface area contributed by atoms with Gasteiger partial charge in [0, 0.05) is 34.1 Å². The molecule has 2 aromatic heterocycles. The van der Waals surface area contributed by atoms with E-state index in [0.717, 1.165) is 25.7 Å². The van der Waals surface area contributed by atoms with E-state index in [4.69, 9.17) is 64.5 Å². The van der Waals surface area contributed by atoms with Crippen molar-refractivity contribution in [2.45, 2.75) is 50.7 Å². The summed E-state index contributed by atoms with van der Waals surface area (Å²) in [4.78, 5) is 0. The van der Waals surface area contributed by atoms with Gasteiger partial charge in [-0.25, -0.2) is 0 Å². The zero-order valence-electron chi connectivity index (χ0n) is 19.8. The number of halogens is 4. The minimum Gasteiger partial charge on any atom is -0.360 e. The second kappa shape index (κ2) is 11.0. The van der Waals surface area contributed by atoms with E-state index in [9.17, 15) is 4.57 Å². The van der Waals surface area contributed by atoms with Gasteiger partial charge in [0.25, 0.3) is 0 Å². The van der Waals surface area contributed by atoms with Crippen LogP contribution in [0.15, 0.2) is 45.4 Å². The Hall–Kier alpha value is -1.83. The summed E-state index contributed by atoms with van der Waals surface area (Å²) >= 11 is 25.7. The van der Waals surface area contributed by atoms with Crippen molar-refractivity contribution in [3.8, 4) is 22.5 Å². The summed E-state index contributed by atoms with van der Waals surface area (Å²) in [5.74, 6) is 1.86. The quantitative estimate of drug-likeness (QED) is 0.165. The van der Waals surface area contributed by atoms with Crippen molar-refractivity contribution in [1.29, 1.82) is 0 Å². The van der Waals surface area contributed by atoms with Gasteiger partial charge in [0.15, 0.2) is 0 Å².